The molecular weight excluding hydrogens is 246 g/mol. The largest absolute Gasteiger partial charge is 0.314 e. The van der Waals surface area contributed by atoms with Crippen molar-refractivity contribution in [1.82, 2.24) is 15.3 Å². The maximum atomic E-state index is 11.5. The third-order valence-corrected chi connectivity index (χ3v) is 4.59. The highest BCUT2D eigenvalue weighted by atomic mass is 32.2. The zero-order valence-corrected chi connectivity index (χ0v) is 11.7. The van der Waals surface area contributed by atoms with Crippen LogP contribution in [0.4, 0.5) is 0 Å². The van der Waals surface area contributed by atoms with Crippen LogP contribution in [0.15, 0.2) is 10.9 Å². The molecule has 100 valence electrons. The number of thioether (sulfide) groups is 1. The van der Waals surface area contributed by atoms with Gasteiger partial charge in [0.15, 0.2) is 0 Å². The van der Waals surface area contributed by atoms with Crippen LogP contribution in [0, 0.1) is 0 Å². The van der Waals surface area contributed by atoms with Gasteiger partial charge in [-0.2, -0.15) is 11.8 Å². The standard InChI is InChI=1S/C13H21N3OS/c1-14-8-10-7-13(17)16-12(15-10)9-18-11-5-3-2-4-6-11/h7,11,14H,2-6,8-9H2,1H3,(H,15,16,17). The number of H-pyrrole nitrogens is 1. The fourth-order valence-electron chi connectivity index (χ4n) is 2.33. The molecule has 1 aliphatic carbocycles. The van der Waals surface area contributed by atoms with Gasteiger partial charge in [0, 0.05) is 17.9 Å². The Labute approximate surface area is 112 Å². The molecule has 1 saturated carbocycles. The van der Waals surface area contributed by atoms with Gasteiger partial charge in [-0.3, -0.25) is 4.79 Å². The smallest absolute Gasteiger partial charge is 0.251 e. The molecule has 1 fully saturated rings. The van der Waals surface area contributed by atoms with Gasteiger partial charge in [0.25, 0.3) is 5.56 Å². The van der Waals surface area contributed by atoms with E-state index in [0.717, 1.165) is 22.5 Å². The molecular formula is C13H21N3OS. The highest BCUT2D eigenvalue weighted by Gasteiger charge is 2.14. The fourth-order valence-corrected chi connectivity index (χ4v) is 3.53. The Balaban J connectivity index is 1.93. The van der Waals surface area contributed by atoms with Crippen LogP contribution in [-0.4, -0.2) is 22.3 Å². The number of hydrogen-bond acceptors (Lipinski definition) is 4. The molecule has 0 spiro atoms. The second kappa shape index (κ2) is 6.95. The monoisotopic (exact) mass is 267 g/mol. The zero-order valence-electron chi connectivity index (χ0n) is 10.9. The number of nitrogens with one attached hydrogen (secondary N) is 2. The summed E-state index contributed by atoms with van der Waals surface area (Å²) >= 11 is 1.93. The molecule has 1 aromatic heterocycles. The van der Waals surface area contributed by atoms with E-state index < -0.39 is 0 Å². The van der Waals surface area contributed by atoms with Crippen molar-refractivity contribution in [2.45, 2.75) is 49.7 Å². The lowest BCUT2D eigenvalue weighted by atomic mass is 10.0. The third-order valence-electron chi connectivity index (χ3n) is 3.21. The van der Waals surface area contributed by atoms with E-state index in [0.29, 0.717) is 6.54 Å². The number of hydrogen-bond donors (Lipinski definition) is 2. The molecule has 4 nitrogen and oxygen atoms in total. The summed E-state index contributed by atoms with van der Waals surface area (Å²) in [6, 6.07) is 1.56. The van der Waals surface area contributed by atoms with Crippen molar-refractivity contribution >= 4 is 11.8 Å². The van der Waals surface area contributed by atoms with Crippen LogP contribution in [0.2, 0.25) is 0 Å². The van der Waals surface area contributed by atoms with Gasteiger partial charge in [-0.1, -0.05) is 19.3 Å². The van der Waals surface area contributed by atoms with Gasteiger partial charge in [-0.05, 0) is 19.9 Å². The molecule has 0 aliphatic heterocycles. The van der Waals surface area contributed by atoms with E-state index in [1.54, 1.807) is 6.07 Å². The first-order valence-corrected chi connectivity index (χ1v) is 7.68. The molecule has 18 heavy (non-hydrogen) atoms. The minimum absolute atomic E-state index is 0.0468. The lowest BCUT2D eigenvalue weighted by molar-refractivity contribution is 0.516. The normalized spacial score (nSPS) is 16.9. The Morgan fingerprint density at radius 1 is 1.44 bits per heavy atom. The van der Waals surface area contributed by atoms with E-state index >= 15 is 0 Å². The third kappa shape index (κ3) is 4.14. The summed E-state index contributed by atoms with van der Waals surface area (Å²) in [5, 5.41) is 3.77. The van der Waals surface area contributed by atoms with Crippen molar-refractivity contribution in [3.8, 4) is 0 Å². The zero-order chi connectivity index (χ0) is 12.8. The Bertz CT molecular complexity index is 426. The summed E-state index contributed by atoms with van der Waals surface area (Å²) in [5.41, 5.74) is 0.773. The van der Waals surface area contributed by atoms with E-state index in [1.165, 1.54) is 32.1 Å². The molecule has 2 N–H and O–H groups in total. The molecule has 1 aliphatic rings. The molecule has 5 heteroatoms. The summed E-state index contributed by atoms with van der Waals surface area (Å²) in [7, 11) is 1.86. The van der Waals surface area contributed by atoms with Crippen LogP contribution in [0.3, 0.4) is 0 Å². The topological polar surface area (TPSA) is 57.8 Å². The summed E-state index contributed by atoms with van der Waals surface area (Å²) < 4.78 is 0. The van der Waals surface area contributed by atoms with E-state index in [2.05, 4.69) is 15.3 Å². The molecule has 2 rings (SSSR count). The first-order valence-electron chi connectivity index (χ1n) is 6.63. The molecule has 0 aromatic carbocycles. The summed E-state index contributed by atoms with van der Waals surface area (Å²) in [6.07, 6.45) is 6.70. The predicted molar refractivity (Wildman–Crippen MR) is 75.8 cm³/mol. The van der Waals surface area contributed by atoms with Gasteiger partial charge >= 0.3 is 0 Å². The average Bonchev–Trinajstić information content (AvgIpc) is 2.37. The van der Waals surface area contributed by atoms with Crippen molar-refractivity contribution < 1.29 is 0 Å². The van der Waals surface area contributed by atoms with E-state index in [4.69, 9.17) is 0 Å². The summed E-state index contributed by atoms with van der Waals surface area (Å²) in [6.45, 7) is 0.644. The van der Waals surface area contributed by atoms with E-state index in [-0.39, 0.29) is 5.56 Å². The first kappa shape index (κ1) is 13.6. The number of aromatic nitrogens is 2. The van der Waals surface area contributed by atoms with Crippen molar-refractivity contribution in [3.63, 3.8) is 0 Å². The van der Waals surface area contributed by atoms with Gasteiger partial charge in [0.05, 0.1) is 11.4 Å². The van der Waals surface area contributed by atoms with Crippen LogP contribution in [0.5, 0.6) is 0 Å². The van der Waals surface area contributed by atoms with Crippen LogP contribution in [0.1, 0.15) is 43.6 Å². The van der Waals surface area contributed by atoms with Crippen LogP contribution >= 0.6 is 11.8 Å². The second-order valence-electron chi connectivity index (χ2n) is 4.78. The number of aromatic amines is 1. The Hall–Kier alpha value is -0.810. The van der Waals surface area contributed by atoms with Crippen molar-refractivity contribution in [2.75, 3.05) is 7.05 Å². The maximum Gasteiger partial charge on any atom is 0.251 e. The molecule has 0 amide bonds. The lowest BCUT2D eigenvalue weighted by Gasteiger charge is -2.20. The van der Waals surface area contributed by atoms with Crippen molar-refractivity contribution in [2.24, 2.45) is 0 Å². The van der Waals surface area contributed by atoms with Gasteiger partial charge in [0.1, 0.15) is 5.82 Å². The highest BCUT2D eigenvalue weighted by molar-refractivity contribution is 7.99. The van der Waals surface area contributed by atoms with Gasteiger partial charge in [-0.15, -0.1) is 0 Å². The van der Waals surface area contributed by atoms with Crippen molar-refractivity contribution in [1.29, 1.82) is 0 Å². The van der Waals surface area contributed by atoms with Crippen LogP contribution in [-0.2, 0) is 12.3 Å². The van der Waals surface area contributed by atoms with Gasteiger partial charge in [-0.25, -0.2) is 4.98 Å². The Morgan fingerprint density at radius 3 is 2.94 bits per heavy atom. The van der Waals surface area contributed by atoms with Crippen LogP contribution < -0.4 is 10.9 Å². The highest BCUT2D eigenvalue weighted by Crippen LogP contribution is 2.29. The molecule has 0 atom stereocenters. The molecule has 0 radical (unpaired) electrons. The predicted octanol–water partition coefficient (Wildman–Crippen LogP) is 2.06. The lowest BCUT2D eigenvalue weighted by Crippen LogP contribution is -2.17. The average molecular weight is 267 g/mol. The van der Waals surface area contributed by atoms with Gasteiger partial charge in [0.2, 0.25) is 0 Å². The quantitative estimate of drug-likeness (QED) is 0.857. The number of rotatable bonds is 5. The molecule has 0 saturated heterocycles. The second-order valence-corrected chi connectivity index (χ2v) is 6.07. The molecule has 1 aromatic rings. The minimum Gasteiger partial charge on any atom is -0.314 e. The first-order chi connectivity index (χ1) is 8.78. The van der Waals surface area contributed by atoms with Crippen LogP contribution in [0.25, 0.3) is 0 Å². The Morgan fingerprint density at radius 2 is 2.22 bits per heavy atom. The van der Waals surface area contributed by atoms with E-state index in [1.807, 2.05) is 18.8 Å². The van der Waals surface area contributed by atoms with Gasteiger partial charge < -0.3 is 10.3 Å². The minimum atomic E-state index is -0.0468. The van der Waals surface area contributed by atoms with Crippen molar-refractivity contribution in [3.05, 3.63) is 27.9 Å². The SMILES string of the molecule is CNCc1cc(=O)[nH]c(CSC2CCCCC2)n1. The molecule has 0 bridgehead atoms. The molecule has 0 unspecified atom stereocenters. The maximum absolute atomic E-state index is 11.5. The Kier molecular flexibility index (Phi) is 5.26. The van der Waals surface area contributed by atoms with E-state index in [9.17, 15) is 4.79 Å². The fraction of sp³-hybridized carbons (Fsp3) is 0.692. The summed E-state index contributed by atoms with van der Waals surface area (Å²) in [5.74, 6) is 1.63. The molecule has 1 heterocycles. The number of nitrogens with zero attached hydrogens (tertiary/aromatic N) is 1. The summed E-state index contributed by atoms with van der Waals surface area (Å²) in [4.78, 5) is 18.8.